The lowest BCUT2D eigenvalue weighted by Gasteiger charge is -2.25. The summed E-state index contributed by atoms with van der Waals surface area (Å²) in [5, 5.41) is 4.83. The van der Waals surface area contributed by atoms with Crippen LogP contribution < -0.4 is 20.3 Å². The predicted octanol–water partition coefficient (Wildman–Crippen LogP) is 0.299. The van der Waals surface area contributed by atoms with Crippen molar-refractivity contribution in [3.05, 3.63) is 36.0 Å². The Kier molecular flexibility index (Phi) is 6.85. The molecule has 1 aliphatic rings. The highest BCUT2D eigenvalue weighted by Crippen LogP contribution is 2.23. The molecular formula is C15H21N5O6S. The van der Waals surface area contributed by atoms with Crippen LogP contribution in [0.2, 0.25) is 0 Å². The third kappa shape index (κ3) is 5.76. The number of rotatable bonds is 7. The van der Waals surface area contributed by atoms with Gasteiger partial charge in [0.15, 0.2) is 0 Å². The highest BCUT2D eigenvalue weighted by molar-refractivity contribution is 7.90. The number of carbonyl (C=O) groups is 1. The smallest absolute Gasteiger partial charge is 0.350 e. The fraction of sp³-hybridized carbons (Fsp3) is 0.333. The van der Waals surface area contributed by atoms with Gasteiger partial charge >= 0.3 is 6.03 Å². The van der Waals surface area contributed by atoms with E-state index in [4.69, 9.17) is 14.2 Å². The number of urea groups is 1. The predicted molar refractivity (Wildman–Crippen MR) is 95.8 cm³/mol. The molecule has 0 spiro atoms. The van der Waals surface area contributed by atoms with Crippen LogP contribution in [-0.4, -0.2) is 53.0 Å². The maximum Gasteiger partial charge on any atom is 0.350 e. The zero-order chi connectivity index (χ0) is 19.9. The van der Waals surface area contributed by atoms with Crippen molar-refractivity contribution in [2.45, 2.75) is 11.8 Å². The number of ether oxygens (including phenoxy) is 3. The minimum absolute atomic E-state index is 0.101. The van der Waals surface area contributed by atoms with Crippen LogP contribution in [0.3, 0.4) is 0 Å². The third-order valence-electron chi connectivity index (χ3n) is 3.15. The molecule has 0 fully saturated rings. The van der Waals surface area contributed by atoms with E-state index in [1.54, 1.807) is 19.1 Å². The Morgan fingerprint density at radius 1 is 1.26 bits per heavy atom. The number of allylic oxidation sites excluding steroid dienone is 1. The summed E-state index contributed by atoms with van der Waals surface area (Å²) in [6.45, 7) is 2.16. The van der Waals surface area contributed by atoms with E-state index < -0.39 is 16.1 Å². The number of hydrogen-bond acceptors (Lipinski definition) is 9. The van der Waals surface area contributed by atoms with Crippen LogP contribution in [0.15, 0.2) is 46.0 Å². The molecule has 0 atom stereocenters. The quantitative estimate of drug-likeness (QED) is 0.558. The van der Waals surface area contributed by atoms with E-state index >= 15 is 0 Å². The summed E-state index contributed by atoms with van der Waals surface area (Å²) < 4.78 is 42.2. The fourth-order valence-corrected chi connectivity index (χ4v) is 3.06. The molecule has 0 unspecified atom stereocenters. The first-order valence-corrected chi connectivity index (χ1v) is 9.26. The van der Waals surface area contributed by atoms with Gasteiger partial charge in [0.05, 0.1) is 13.7 Å². The van der Waals surface area contributed by atoms with Gasteiger partial charge in [-0.3, -0.25) is 5.43 Å². The van der Waals surface area contributed by atoms with E-state index in [9.17, 15) is 13.2 Å². The Balaban J connectivity index is 2.07. The molecule has 2 amide bonds. The first kappa shape index (κ1) is 20.3. The molecule has 1 aromatic carbocycles. The summed E-state index contributed by atoms with van der Waals surface area (Å²) in [6, 6.07) is 4.92. The van der Waals surface area contributed by atoms with E-state index in [0.29, 0.717) is 5.70 Å². The van der Waals surface area contributed by atoms with Gasteiger partial charge in [-0.15, -0.1) is 5.23 Å². The second kappa shape index (κ2) is 9.09. The Labute approximate surface area is 156 Å². The van der Waals surface area contributed by atoms with Gasteiger partial charge in [0.2, 0.25) is 5.90 Å². The number of nitrogens with zero attached hydrogens (tertiary/aromatic N) is 2. The number of para-hydroxylation sites is 1. The molecule has 1 heterocycles. The van der Waals surface area contributed by atoms with Gasteiger partial charge in [-0.05, 0) is 19.1 Å². The summed E-state index contributed by atoms with van der Waals surface area (Å²) >= 11 is 0. The van der Waals surface area contributed by atoms with Gasteiger partial charge in [0.25, 0.3) is 10.0 Å². The maximum atomic E-state index is 12.5. The molecule has 0 radical (unpaired) electrons. The number of benzene rings is 1. The van der Waals surface area contributed by atoms with E-state index in [-0.39, 0.29) is 29.8 Å². The molecule has 2 rings (SSSR count). The van der Waals surface area contributed by atoms with Crippen LogP contribution in [-0.2, 0) is 19.5 Å². The van der Waals surface area contributed by atoms with Crippen LogP contribution in [0.4, 0.5) is 4.79 Å². The SMILES string of the molecule is COCCOc1ccccc1S(=O)(=O)NC(=O)NN1N=C(OC)C=C(C)N1. The van der Waals surface area contributed by atoms with E-state index in [0.717, 1.165) is 5.23 Å². The summed E-state index contributed by atoms with van der Waals surface area (Å²) in [6.07, 6.45) is 1.60. The topological polar surface area (TPSA) is 131 Å². The van der Waals surface area contributed by atoms with Crippen LogP contribution in [0.25, 0.3) is 0 Å². The Morgan fingerprint density at radius 3 is 2.70 bits per heavy atom. The number of methoxy groups -OCH3 is 2. The number of hydrazine groups is 2. The Morgan fingerprint density at radius 2 is 2.00 bits per heavy atom. The first-order chi connectivity index (χ1) is 12.9. The Bertz CT molecular complexity index is 839. The van der Waals surface area contributed by atoms with Crippen LogP contribution in [0.1, 0.15) is 6.92 Å². The van der Waals surface area contributed by atoms with Crippen molar-refractivity contribution < 1.29 is 27.4 Å². The lowest BCUT2D eigenvalue weighted by Crippen LogP contribution is -2.53. The van der Waals surface area contributed by atoms with Gasteiger partial charge < -0.3 is 14.2 Å². The summed E-state index contributed by atoms with van der Waals surface area (Å²) in [4.78, 5) is 11.9. The molecule has 1 aromatic rings. The number of sulfonamides is 1. The number of hydrazone groups is 1. The van der Waals surface area contributed by atoms with Crippen LogP contribution >= 0.6 is 0 Å². The molecule has 12 heteroatoms. The molecule has 148 valence electrons. The zero-order valence-electron chi connectivity index (χ0n) is 15.1. The highest BCUT2D eigenvalue weighted by Gasteiger charge is 2.23. The first-order valence-electron chi connectivity index (χ1n) is 7.77. The van der Waals surface area contributed by atoms with Crippen molar-refractivity contribution in [2.24, 2.45) is 5.10 Å². The molecule has 1 aliphatic heterocycles. The lowest BCUT2D eigenvalue weighted by atomic mass is 10.3. The minimum Gasteiger partial charge on any atom is -0.490 e. The number of hydrogen-bond donors (Lipinski definition) is 3. The monoisotopic (exact) mass is 399 g/mol. The van der Waals surface area contributed by atoms with Crippen molar-refractivity contribution in [2.75, 3.05) is 27.4 Å². The van der Waals surface area contributed by atoms with Gasteiger partial charge in [-0.25, -0.2) is 23.4 Å². The van der Waals surface area contributed by atoms with Gasteiger partial charge in [-0.1, -0.05) is 17.2 Å². The maximum absolute atomic E-state index is 12.5. The van der Waals surface area contributed by atoms with Crippen LogP contribution in [0.5, 0.6) is 5.75 Å². The molecule has 0 bridgehead atoms. The van der Waals surface area contributed by atoms with Crippen molar-refractivity contribution >= 4 is 22.0 Å². The molecule has 0 aromatic heterocycles. The Hall–Kier alpha value is -2.99. The molecule has 27 heavy (non-hydrogen) atoms. The van der Waals surface area contributed by atoms with Gasteiger partial charge in [0, 0.05) is 18.9 Å². The van der Waals surface area contributed by atoms with Crippen molar-refractivity contribution in [1.82, 2.24) is 20.8 Å². The van der Waals surface area contributed by atoms with Crippen LogP contribution in [0, 0.1) is 0 Å². The van der Waals surface area contributed by atoms with E-state index in [2.05, 4.69) is 16.0 Å². The summed E-state index contributed by atoms with van der Waals surface area (Å²) in [7, 11) is -1.27. The average molecular weight is 399 g/mol. The molecule has 3 N–H and O–H groups in total. The number of carbonyl (C=O) groups excluding carboxylic acids is 1. The standard InChI is InChI=1S/C15H21N5O6S/c1-11-10-14(25-3)17-20(16-11)18-15(21)19-27(22,23)13-7-5-4-6-12(13)26-9-8-24-2/h4-7,10,16H,8-9H2,1-3H3,(H2,18,19,21). The van der Waals surface area contributed by atoms with Gasteiger partial charge in [-0.2, -0.15) is 0 Å². The molecule has 0 aliphatic carbocycles. The molecule has 0 saturated heterocycles. The molecule has 0 saturated carbocycles. The van der Waals surface area contributed by atoms with Gasteiger partial charge in [0.1, 0.15) is 17.3 Å². The van der Waals surface area contributed by atoms with Crippen molar-refractivity contribution in [1.29, 1.82) is 0 Å². The number of amides is 2. The highest BCUT2D eigenvalue weighted by atomic mass is 32.2. The summed E-state index contributed by atoms with van der Waals surface area (Å²) in [5.74, 6) is 0.329. The van der Waals surface area contributed by atoms with Crippen molar-refractivity contribution in [3.8, 4) is 5.75 Å². The largest absolute Gasteiger partial charge is 0.490 e. The zero-order valence-corrected chi connectivity index (χ0v) is 15.9. The van der Waals surface area contributed by atoms with Crippen molar-refractivity contribution in [3.63, 3.8) is 0 Å². The minimum atomic E-state index is -4.19. The fourth-order valence-electron chi connectivity index (χ4n) is 2.01. The summed E-state index contributed by atoms with van der Waals surface area (Å²) in [5.41, 5.74) is 5.57. The second-order valence-corrected chi connectivity index (χ2v) is 6.88. The van der Waals surface area contributed by atoms with E-state index in [1.807, 2.05) is 4.72 Å². The molecular weight excluding hydrogens is 378 g/mol. The van der Waals surface area contributed by atoms with E-state index in [1.165, 1.54) is 32.4 Å². The average Bonchev–Trinajstić information content (AvgIpc) is 2.61. The molecule has 11 nitrogen and oxygen atoms in total. The number of nitrogens with one attached hydrogen (secondary N) is 3. The second-order valence-electron chi connectivity index (χ2n) is 5.23. The third-order valence-corrected chi connectivity index (χ3v) is 4.52. The normalized spacial score (nSPS) is 13.8. The lowest BCUT2D eigenvalue weighted by molar-refractivity contribution is 0.138.